The molecule has 0 saturated heterocycles. The van der Waals surface area contributed by atoms with E-state index in [0.717, 1.165) is 30.4 Å². The van der Waals surface area contributed by atoms with Crippen molar-refractivity contribution >= 4 is 17.7 Å². The Labute approximate surface area is 146 Å². The highest BCUT2D eigenvalue weighted by Crippen LogP contribution is 2.40. The van der Waals surface area contributed by atoms with Gasteiger partial charge in [-0.15, -0.1) is 10.2 Å². The molecule has 1 unspecified atom stereocenters. The van der Waals surface area contributed by atoms with Crippen LogP contribution in [-0.2, 0) is 11.3 Å². The Bertz CT molecular complexity index is 722. The quantitative estimate of drug-likeness (QED) is 0.786. The number of hydrogen-bond acceptors (Lipinski definition) is 4. The van der Waals surface area contributed by atoms with Crippen molar-refractivity contribution in [2.45, 2.75) is 61.5 Å². The van der Waals surface area contributed by atoms with Gasteiger partial charge < -0.3 is 9.88 Å². The van der Waals surface area contributed by atoms with Crippen molar-refractivity contribution in [3.05, 3.63) is 41.7 Å². The van der Waals surface area contributed by atoms with Crippen LogP contribution in [0, 0.1) is 0 Å². The molecule has 0 spiro atoms. The zero-order valence-electron chi connectivity index (χ0n) is 13.8. The van der Waals surface area contributed by atoms with Crippen LogP contribution in [0.25, 0.3) is 0 Å². The predicted octanol–water partition coefficient (Wildman–Crippen LogP) is 2.96. The number of thioether (sulfide) groups is 1. The Kier molecular flexibility index (Phi) is 4.31. The van der Waals surface area contributed by atoms with Crippen LogP contribution in [0.15, 0.2) is 35.5 Å². The number of hydrogen-bond donors (Lipinski definition) is 1. The third kappa shape index (κ3) is 3.64. The summed E-state index contributed by atoms with van der Waals surface area (Å²) in [6.45, 7) is 2.71. The number of carbonyl (C=O) groups is 1. The first kappa shape index (κ1) is 15.7. The second kappa shape index (κ2) is 6.59. The average Bonchev–Trinajstić information content (AvgIpc) is 3.50. The fraction of sp³-hybridized carbons (Fsp3) is 0.500. The summed E-state index contributed by atoms with van der Waals surface area (Å²) in [5.41, 5.74) is 1.23. The van der Waals surface area contributed by atoms with Crippen LogP contribution >= 0.6 is 11.8 Å². The summed E-state index contributed by atoms with van der Waals surface area (Å²) in [6.07, 6.45) is 4.60. The lowest BCUT2D eigenvalue weighted by Gasteiger charge is -2.13. The largest absolute Gasteiger partial charge is 0.352 e. The molecule has 0 radical (unpaired) electrons. The molecule has 1 atom stereocenters. The summed E-state index contributed by atoms with van der Waals surface area (Å²) >= 11 is 1.51. The summed E-state index contributed by atoms with van der Waals surface area (Å²) in [6, 6.07) is 10.8. The third-order valence-corrected chi connectivity index (χ3v) is 5.53. The molecule has 2 aromatic rings. The number of aromatic nitrogens is 3. The lowest BCUT2D eigenvalue weighted by Crippen LogP contribution is -2.32. The molecule has 0 aliphatic heterocycles. The Morgan fingerprint density at radius 3 is 2.67 bits per heavy atom. The Balaban J connectivity index is 1.52. The highest BCUT2D eigenvalue weighted by molar-refractivity contribution is 8.00. The van der Waals surface area contributed by atoms with Crippen LogP contribution in [0.3, 0.4) is 0 Å². The minimum atomic E-state index is -0.156. The number of rotatable bonds is 7. The molecule has 2 saturated carbocycles. The summed E-state index contributed by atoms with van der Waals surface area (Å²) < 4.78 is 2.19. The van der Waals surface area contributed by atoms with Crippen molar-refractivity contribution < 1.29 is 4.79 Å². The molecule has 1 aromatic carbocycles. The first-order chi connectivity index (χ1) is 11.7. The van der Waals surface area contributed by atoms with Crippen molar-refractivity contribution in [2.75, 3.05) is 0 Å². The summed E-state index contributed by atoms with van der Waals surface area (Å²) in [4.78, 5) is 12.2. The average molecular weight is 342 g/mol. The van der Waals surface area contributed by atoms with Crippen molar-refractivity contribution in [3.63, 3.8) is 0 Å². The Hall–Kier alpha value is -1.82. The van der Waals surface area contributed by atoms with E-state index >= 15 is 0 Å². The van der Waals surface area contributed by atoms with E-state index in [1.165, 1.54) is 30.2 Å². The second-order valence-corrected chi connectivity index (χ2v) is 8.04. The topological polar surface area (TPSA) is 59.8 Å². The van der Waals surface area contributed by atoms with Crippen LogP contribution in [0.1, 0.15) is 49.9 Å². The molecule has 1 amide bonds. The van der Waals surface area contributed by atoms with Gasteiger partial charge >= 0.3 is 0 Å². The highest BCUT2D eigenvalue weighted by Gasteiger charge is 2.32. The van der Waals surface area contributed by atoms with Gasteiger partial charge in [0.25, 0.3) is 0 Å². The van der Waals surface area contributed by atoms with Gasteiger partial charge in [0.15, 0.2) is 5.16 Å². The molecular weight excluding hydrogens is 320 g/mol. The van der Waals surface area contributed by atoms with E-state index in [2.05, 4.69) is 44.3 Å². The monoisotopic (exact) mass is 342 g/mol. The van der Waals surface area contributed by atoms with Gasteiger partial charge in [-0.05, 0) is 38.2 Å². The van der Waals surface area contributed by atoms with Crippen LogP contribution in [-0.4, -0.2) is 32.0 Å². The van der Waals surface area contributed by atoms with Crippen LogP contribution in [0.5, 0.6) is 0 Å². The van der Waals surface area contributed by atoms with Gasteiger partial charge in [0, 0.05) is 12.0 Å². The van der Waals surface area contributed by atoms with Crippen LogP contribution in [0.4, 0.5) is 0 Å². The summed E-state index contributed by atoms with van der Waals surface area (Å²) in [7, 11) is 0. The number of amides is 1. The first-order valence-corrected chi connectivity index (χ1v) is 9.52. The molecule has 6 heteroatoms. The SMILES string of the molecule is CC(Sc1nnc(C2CC2)n1Cc1ccccc1)C(=O)NC1CC1. The van der Waals surface area contributed by atoms with Crippen molar-refractivity contribution in [3.8, 4) is 0 Å². The maximum absolute atomic E-state index is 12.2. The molecule has 2 aliphatic carbocycles. The number of benzene rings is 1. The van der Waals surface area contributed by atoms with Gasteiger partial charge in [-0.2, -0.15) is 0 Å². The van der Waals surface area contributed by atoms with Gasteiger partial charge in [-0.1, -0.05) is 42.1 Å². The summed E-state index contributed by atoms with van der Waals surface area (Å²) in [5, 5.41) is 12.6. The van der Waals surface area contributed by atoms with E-state index in [4.69, 9.17) is 0 Å². The maximum atomic E-state index is 12.2. The van der Waals surface area contributed by atoms with Crippen molar-refractivity contribution in [2.24, 2.45) is 0 Å². The first-order valence-electron chi connectivity index (χ1n) is 8.65. The standard InChI is InChI=1S/C18H22N4OS/c1-12(17(23)19-15-9-10-15)24-18-21-20-16(14-7-8-14)22(18)11-13-5-3-2-4-6-13/h2-6,12,14-15H,7-11H2,1H3,(H,19,23). The molecule has 1 heterocycles. The zero-order chi connectivity index (χ0) is 16.5. The fourth-order valence-corrected chi connectivity index (χ4v) is 3.57. The van der Waals surface area contributed by atoms with E-state index in [-0.39, 0.29) is 11.2 Å². The van der Waals surface area contributed by atoms with Crippen LogP contribution < -0.4 is 5.32 Å². The molecule has 1 N–H and O–H groups in total. The van der Waals surface area contributed by atoms with Crippen LogP contribution in [0.2, 0.25) is 0 Å². The minimum absolute atomic E-state index is 0.102. The zero-order valence-corrected chi connectivity index (χ0v) is 14.6. The van der Waals surface area contributed by atoms with Gasteiger partial charge in [-0.25, -0.2) is 0 Å². The molecule has 5 nitrogen and oxygen atoms in total. The van der Waals surface area contributed by atoms with E-state index in [1.807, 2.05) is 13.0 Å². The third-order valence-electron chi connectivity index (χ3n) is 4.45. The van der Waals surface area contributed by atoms with E-state index in [1.54, 1.807) is 0 Å². The fourth-order valence-electron chi connectivity index (χ4n) is 2.70. The molecule has 2 aliphatic rings. The van der Waals surface area contributed by atoms with Gasteiger partial charge in [-0.3, -0.25) is 4.79 Å². The number of nitrogens with one attached hydrogen (secondary N) is 1. The smallest absolute Gasteiger partial charge is 0.233 e. The molecular formula is C18H22N4OS. The molecule has 126 valence electrons. The van der Waals surface area contributed by atoms with E-state index in [9.17, 15) is 4.79 Å². The predicted molar refractivity (Wildman–Crippen MR) is 94.0 cm³/mol. The van der Waals surface area contributed by atoms with Gasteiger partial charge in [0.05, 0.1) is 11.8 Å². The lowest BCUT2D eigenvalue weighted by molar-refractivity contribution is -0.120. The Morgan fingerprint density at radius 1 is 1.25 bits per heavy atom. The van der Waals surface area contributed by atoms with Gasteiger partial charge in [0.2, 0.25) is 5.91 Å². The minimum Gasteiger partial charge on any atom is -0.352 e. The molecule has 24 heavy (non-hydrogen) atoms. The normalized spacial score (nSPS) is 18.4. The molecule has 4 rings (SSSR count). The van der Waals surface area contributed by atoms with E-state index in [0.29, 0.717) is 12.0 Å². The Morgan fingerprint density at radius 2 is 2.00 bits per heavy atom. The second-order valence-electron chi connectivity index (χ2n) is 6.73. The number of carbonyl (C=O) groups excluding carboxylic acids is 1. The highest BCUT2D eigenvalue weighted by atomic mass is 32.2. The van der Waals surface area contributed by atoms with E-state index < -0.39 is 0 Å². The molecule has 1 aromatic heterocycles. The number of nitrogens with zero attached hydrogens (tertiary/aromatic N) is 3. The molecule has 2 fully saturated rings. The molecule has 0 bridgehead atoms. The lowest BCUT2D eigenvalue weighted by atomic mass is 10.2. The van der Waals surface area contributed by atoms with Crippen molar-refractivity contribution in [1.29, 1.82) is 0 Å². The maximum Gasteiger partial charge on any atom is 0.233 e. The van der Waals surface area contributed by atoms with Gasteiger partial charge in [0.1, 0.15) is 5.82 Å². The van der Waals surface area contributed by atoms with Crippen molar-refractivity contribution in [1.82, 2.24) is 20.1 Å². The summed E-state index contributed by atoms with van der Waals surface area (Å²) in [5.74, 6) is 1.70.